The molecule has 0 aromatic heterocycles. The monoisotopic (exact) mass is 291 g/mol. The average molecular weight is 292 g/mol. The predicted molar refractivity (Wildman–Crippen MR) is 72.2 cm³/mol. The van der Waals surface area contributed by atoms with Crippen LogP contribution in [0.2, 0.25) is 5.02 Å². The van der Waals surface area contributed by atoms with Crippen LogP contribution < -0.4 is 4.72 Å². The molecule has 0 heterocycles. The fourth-order valence-electron chi connectivity index (χ4n) is 1.41. The van der Waals surface area contributed by atoms with Gasteiger partial charge in [0.1, 0.15) is 4.90 Å². The Morgan fingerprint density at radius 3 is 2.50 bits per heavy atom. The fraction of sp³-hybridized carbons (Fsp3) is 0.500. The Morgan fingerprint density at radius 1 is 1.39 bits per heavy atom. The van der Waals surface area contributed by atoms with Gasteiger partial charge >= 0.3 is 0 Å². The van der Waals surface area contributed by atoms with Gasteiger partial charge in [-0.2, -0.15) is 0 Å². The topological polar surface area (TPSA) is 66.4 Å². The predicted octanol–water partition coefficient (Wildman–Crippen LogP) is 1.94. The second-order valence-electron chi connectivity index (χ2n) is 4.50. The molecule has 0 spiro atoms. The lowest BCUT2D eigenvalue weighted by Gasteiger charge is -2.19. The Kier molecular flexibility index (Phi) is 5.16. The van der Waals surface area contributed by atoms with E-state index in [2.05, 4.69) is 4.72 Å². The summed E-state index contributed by atoms with van der Waals surface area (Å²) >= 11 is 5.94. The summed E-state index contributed by atoms with van der Waals surface area (Å²) in [7, 11) is -3.66. The van der Waals surface area contributed by atoms with Crippen LogP contribution in [0.25, 0.3) is 0 Å². The van der Waals surface area contributed by atoms with Gasteiger partial charge in [0.2, 0.25) is 10.0 Å². The van der Waals surface area contributed by atoms with Crippen molar-refractivity contribution in [1.82, 2.24) is 4.72 Å². The Morgan fingerprint density at radius 2 is 2.00 bits per heavy atom. The highest BCUT2D eigenvalue weighted by molar-refractivity contribution is 7.89. The van der Waals surface area contributed by atoms with Crippen molar-refractivity contribution in [2.75, 3.05) is 6.61 Å². The maximum Gasteiger partial charge on any atom is 0.242 e. The summed E-state index contributed by atoms with van der Waals surface area (Å²) in [6.07, 6.45) is 0. The van der Waals surface area contributed by atoms with E-state index < -0.39 is 10.0 Å². The molecular weight excluding hydrogens is 274 g/mol. The molecular formula is C12H18ClNO3S. The van der Waals surface area contributed by atoms with Gasteiger partial charge in [0.05, 0.1) is 5.02 Å². The molecule has 0 aliphatic rings. The number of aliphatic hydroxyl groups excluding tert-OH is 1. The molecule has 2 N–H and O–H groups in total. The zero-order chi connectivity index (χ0) is 13.9. The van der Waals surface area contributed by atoms with E-state index in [9.17, 15) is 8.42 Å². The quantitative estimate of drug-likeness (QED) is 0.871. The first-order valence-electron chi connectivity index (χ1n) is 5.67. The van der Waals surface area contributed by atoms with Crippen molar-refractivity contribution in [2.45, 2.75) is 31.7 Å². The van der Waals surface area contributed by atoms with Crippen LogP contribution in [0, 0.1) is 12.8 Å². The molecule has 1 rings (SSSR count). The number of nitrogens with one attached hydrogen (secondary N) is 1. The van der Waals surface area contributed by atoms with Crippen LogP contribution in [0.15, 0.2) is 23.1 Å². The molecule has 2 atom stereocenters. The normalized spacial score (nSPS) is 15.4. The first-order chi connectivity index (χ1) is 8.27. The third kappa shape index (κ3) is 3.68. The Bertz CT molecular complexity index is 516. The third-order valence-corrected chi connectivity index (χ3v) is 4.90. The number of rotatable bonds is 5. The molecule has 6 heteroatoms. The van der Waals surface area contributed by atoms with Crippen LogP contribution in [0.1, 0.15) is 19.4 Å². The number of halogens is 1. The second-order valence-corrected chi connectivity index (χ2v) is 6.59. The van der Waals surface area contributed by atoms with Gasteiger partial charge in [-0.15, -0.1) is 0 Å². The first kappa shape index (κ1) is 15.4. The summed E-state index contributed by atoms with van der Waals surface area (Å²) in [4.78, 5) is 0.0618. The summed E-state index contributed by atoms with van der Waals surface area (Å²) in [6, 6.07) is 4.42. The lowest BCUT2D eigenvalue weighted by molar-refractivity contribution is 0.216. The van der Waals surface area contributed by atoms with Crippen LogP contribution in [-0.4, -0.2) is 26.2 Å². The van der Waals surface area contributed by atoms with Crippen LogP contribution in [0.3, 0.4) is 0 Å². The van der Waals surface area contributed by atoms with Gasteiger partial charge in [-0.3, -0.25) is 0 Å². The number of hydrogen-bond acceptors (Lipinski definition) is 3. The molecule has 0 saturated heterocycles. The lowest BCUT2D eigenvalue weighted by atomic mass is 10.1. The largest absolute Gasteiger partial charge is 0.396 e. The maximum atomic E-state index is 12.1. The van der Waals surface area contributed by atoms with Gasteiger partial charge in [-0.25, -0.2) is 13.1 Å². The van der Waals surface area contributed by atoms with E-state index >= 15 is 0 Å². The molecule has 18 heavy (non-hydrogen) atoms. The van der Waals surface area contributed by atoms with E-state index in [0.717, 1.165) is 5.56 Å². The van der Waals surface area contributed by atoms with E-state index in [1.54, 1.807) is 26.0 Å². The summed E-state index contributed by atoms with van der Waals surface area (Å²) in [5, 5.41) is 9.20. The number of aryl methyl sites for hydroxylation is 1. The lowest BCUT2D eigenvalue weighted by Crippen LogP contribution is -2.38. The van der Waals surface area contributed by atoms with E-state index in [1.807, 2.05) is 6.92 Å². The van der Waals surface area contributed by atoms with Crippen LogP contribution in [0.5, 0.6) is 0 Å². The standard InChI is InChI=1S/C12H18ClNO3S/c1-8-4-5-12(11(13)6-8)18(16,17)14-10(3)9(2)7-15/h4-6,9-10,14-15H,7H2,1-3H3. The van der Waals surface area contributed by atoms with Crippen molar-refractivity contribution in [3.05, 3.63) is 28.8 Å². The van der Waals surface area contributed by atoms with E-state index in [1.165, 1.54) is 6.07 Å². The molecule has 0 fully saturated rings. The first-order valence-corrected chi connectivity index (χ1v) is 7.53. The van der Waals surface area contributed by atoms with Crippen LogP contribution in [-0.2, 0) is 10.0 Å². The number of sulfonamides is 1. The minimum Gasteiger partial charge on any atom is -0.396 e. The summed E-state index contributed by atoms with van der Waals surface area (Å²) in [5.41, 5.74) is 0.899. The zero-order valence-electron chi connectivity index (χ0n) is 10.6. The van der Waals surface area contributed by atoms with E-state index in [0.29, 0.717) is 0 Å². The molecule has 0 aliphatic carbocycles. The highest BCUT2D eigenvalue weighted by Gasteiger charge is 2.22. The molecule has 0 aliphatic heterocycles. The number of benzene rings is 1. The van der Waals surface area contributed by atoms with Crippen molar-refractivity contribution >= 4 is 21.6 Å². The second kappa shape index (κ2) is 6.02. The minimum atomic E-state index is -3.66. The molecule has 2 unspecified atom stereocenters. The highest BCUT2D eigenvalue weighted by Crippen LogP contribution is 2.23. The van der Waals surface area contributed by atoms with Crippen molar-refractivity contribution in [3.63, 3.8) is 0 Å². The summed E-state index contributed by atoms with van der Waals surface area (Å²) in [6.45, 7) is 5.24. The molecule has 1 aromatic rings. The van der Waals surface area contributed by atoms with E-state index in [4.69, 9.17) is 16.7 Å². The van der Waals surface area contributed by atoms with Gasteiger partial charge in [0, 0.05) is 12.6 Å². The Balaban J connectivity index is 3.00. The maximum absolute atomic E-state index is 12.1. The van der Waals surface area contributed by atoms with Gasteiger partial charge in [0.15, 0.2) is 0 Å². The van der Waals surface area contributed by atoms with Crippen LogP contribution in [0.4, 0.5) is 0 Å². The molecule has 102 valence electrons. The molecule has 0 saturated carbocycles. The van der Waals surface area contributed by atoms with Gasteiger partial charge < -0.3 is 5.11 Å². The van der Waals surface area contributed by atoms with Gasteiger partial charge in [0.25, 0.3) is 0 Å². The van der Waals surface area contributed by atoms with Gasteiger partial charge in [-0.1, -0.05) is 24.6 Å². The molecule has 0 radical (unpaired) electrons. The molecule has 1 aromatic carbocycles. The Labute approximate surface area is 113 Å². The average Bonchev–Trinajstić information content (AvgIpc) is 2.26. The highest BCUT2D eigenvalue weighted by atomic mass is 35.5. The van der Waals surface area contributed by atoms with E-state index in [-0.39, 0.29) is 28.5 Å². The summed E-state index contributed by atoms with van der Waals surface area (Å²) in [5.74, 6) is -0.163. The fourth-order valence-corrected chi connectivity index (χ4v) is 3.36. The number of aliphatic hydroxyl groups is 1. The molecule has 4 nitrogen and oxygen atoms in total. The van der Waals surface area contributed by atoms with Crippen molar-refractivity contribution in [2.24, 2.45) is 5.92 Å². The third-order valence-electron chi connectivity index (χ3n) is 2.86. The van der Waals surface area contributed by atoms with Crippen molar-refractivity contribution < 1.29 is 13.5 Å². The summed E-state index contributed by atoms with van der Waals surface area (Å²) < 4.78 is 26.7. The van der Waals surface area contributed by atoms with Crippen molar-refractivity contribution in [3.8, 4) is 0 Å². The Hall–Kier alpha value is -0.620. The number of hydrogen-bond donors (Lipinski definition) is 2. The SMILES string of the molecule is Cc1ccc(S(=O)(=O)NC(C)C(C)CO)c(Cl)c1. The van der Waals surface area contributed by atoms with Crippen LogP contribution >= 0.6 is 11.6 Å². The van der Waals surface area contributed by atoms with Crippen molar-refractivity contribution in [1.29, 1.82) is 0 Å². The minimum absolute atomic E-state index is 0.0618. The van der Waals surface area contributed by atoms with Gasteiger partial charge in [-0.05, 0) is 37.5 Å². The zero-order valence-corrected chi connectivity index (χ0v) is 12.2. The smallest absolute Gasteiger partial charge is 0.242 e. The molecule has 0 amide bonds. The molecule has 0 bridgehead atoms.